The highest BCUT2D eigenvalue weighted by Crippen LogP contribution is 2.14. The van der Waals surface area contributed by atoms with Crippen molar-refractivity contribution in [3.63, 3.8) is 0 Å². The molecule has 1 saturated heterocycles. The van der Waals surface area contributed by atoms with Crippen LogP contribution in [0.2, 0.25) is 0 Å². The van der Waals surface area contributed by atoms with Crippen LogP contribution < -0.4 is 5.32 Å². The van der Waals surface area contributed by atoms with E-state index >= 15 is 0 Å². The van der Waals surface area contributed by atoms with Gasteiger partial charge in [-0.1, -0.05) is 0 Å². The first-order chi connectivity index (χ1) is 7.51. The summed E-state index contributed by atoms with van der Waals surface area (Å²) in [6.07, 6.45) is -2.11. The molecule has 0 saturated carbocycles. The van der Waals surface area contributed by atoms with Gasteiger partial charge in [0.15, 0.2) is 0 Å². The summed E-state index contributed by atoms with van der Waals surface area (Å²) in [6, 6.07) is 0.548. The molecule has 3 nitrogen and oxygen atoms in total. The summed E-state index contributed by atoms with van der Waals surface area (Å²) in [6.45, 7) is 1.47. The largest absolute Gasteiger partial charge is 0.411 e. The number of hydrogen-bond acceptors (Lipinski definition) is 3. The maximum atomic E-state index is 11.8. The Balaban J connectivity index is 2.02. The molecule has 0 atom stereocenters. The van der Waals surface area contributed by atoms with Crippen LogP contribution in [0.3, 0.4) is 0 Å². The van der Waals surface area contributed by atoms with Gasteiger partial charge in [-0.15, -0.1) is 0 Å². The highest BCUT2D eigenvalue weighted by molar-refractivity contribution is 4.75. The first-order valence-corrected chi connectivity index (χ1v) is 5.55. The number of rotatable bonds is 5. The van der Waals surface area contributed by atoms with E-state index in [0.717, 1.165) is 25.9 Å². The van der Waals surface area contributed by atoms with Gasteiger partial charge in [-0.2, -0.15) is 13.2 Å². The Morgan fingerprint density at radius 3 is 2.44 bits per heavy atom. The Hall–Kier alpha value is -0.330. The number of piperidine rings is 1. The predicted octanol–water partition coefficient (Wildman–Crippen LogP) is 1.25. The molecule has 0 aromatic carbocycles. The number of halogens is 3. The smallest absolute Gasteiger partial charge is 0.371 e. The van der Waals surface area contributed by atoms with Crippen molar-refractivity contribution in [1.82, 2.24) is 10.2 Å². The lowest BCUT2D eigenvalue weighted by Crippen LogP contribution is -2.42. The molecule has 96 valence electrons. The number of ether oxygens (including phenoxy) is 1. The van der Waals surface area contributed by atoms with Crippen molar-refractivity contribution in [2.75, 3.05) is 39.9 Å². The molecule has 0 aromatic rings. The molecule has 0 radical (unpaired) electrons. The highest BCUT2D eigenvalue weighted by Gasteiger charge is 2.27. The number of alkyl halides is 3. The lowest BCUT2D eigenvalue weighted by molar-refractivity contribution is -0.174. The fourth-order valence-electron chi connectivity index (χ4n) is 1.83. The van der Waals surface area contributed by atoms with Gasteiger partial charge in [0, 0.05) is 12.6 Å². The van der Waals surface area contributed by atoms with Gasteiger partial charge in [-0.25, -0.2) is 0 Å². The van der Waals surface area contributed by atoms with Gasteiger partial charge in [0.1, 0.15) is 6.61 Å². The van der Waals surface area contributed by atoms with Gasteiger partial charge >= 0.3 is 6.18 Å². The monoisotopic (exact) mass is 240 g/mol. The molecular weight excluding hydrogens is 221 g/mol. The molecule has 0 spiro atoms. The molecular formula is C10H19F3N2O. The summed E-state index contributed by atoms with van der Waals surface area (Å²) in [5.74, 6) is 0. The van der Waals surface area contributed by atoms with Crippen molar-refractivity contribution < 1.29 is 17.9 Å². The Labute approximate surface area is 93.9 Å². The fourth-order valence-corrected chi connectivity index (χ4v) is 1.83. The van der Waals surface area contributed by atoms with Crippen LogP contribution in [0.25, 0.3) is 0 Å². The second kappa shape index (κ2) is 6.42. The van der Waals surface area contributed by atoms with Crippen LogP contribution in [0, 0.1) is 0 Å². The average Bonchev–Trinajstić information content (AvgIpc) is 2.24. The lowest BCUT2D eigenvalue weighted by Gasteiger charge is -2.31. The molecule has 0 unspecified atom stereocenters. The summed E-state index contributed by atoms with van der Waals surface area (Å²) >= 11 is 0. The zero-order chi connectivity index (χ0) is 12.0. The second-order valence-electron chi connectivity index (χ2n) is 4.07. The Kier molecular flexibility index (Phi) is 5.51. The van der Waals surface area contributed by atoms with Crippen LogP contribution in [0.1, 0.15) is 12.8 Å². The van der Waals surface area contributed by atoms with E-state index in [0.29, 0.717) is 12.6 Å². The maximum Gasteiger partial charge on any atom is 0.411 e. The molecule has 6 heteroatoms. The normalized spacial score (nSPS) is 20.2. The molecule has 1 N–H and O–H groups in total. The quantitative estimate of drug-likeness (QED) is 0.732. The van der Waals surface area contributed by atoms with Crippen LogP contribution in [0.15, 0.2) is 0 Å². The Bertz CT molecular complexity index is 191. The lowest BCUT2D eigenvalue weighted by atomic mass is 10.1. The van der Waals surface area contributed by atoms with Crippen molar-refractivity contribution in [2.45, 2.75) is 25.1 Å². The third kappa shape index (κ3) is 5.67. The first-order valence-electron chi connectivity index (χ1n) is 5.55. The number of nitrogens with one attached hydrogen (secondary N) is 1. The van der Waals surface area contributed by atoms with Gasteiger partial charge in [0.2, 0.25) is 0 Å². The van der Waals surface area contributed by atoms with Gasteiger partial charge in [-0.05, 0) is 33.0 Å². The van der Waals surface area contributed by atoms with Crippen molar-refractivity contribution >= 4 is 0 Å². The maximum absolute atomic E-state index is 11.8. The third-order valence-corrected chi connectivity index (χ3v) is 2.81. The van der Waals surface area contributed by atoms with E-state index in [1.807, 2.05) is 7.05 Å². The van der Waals surface area contributed by atoms with E-state index in [-0.39, 0.29) is 6.61 Å². The minimum Gasteiger partial charge on any atom is -0.371 e. The summed E-state index contributed by atoms with van der Waals surface area (Å²) in [7, 11) is 1.94. The third-order valence-electron chi connectivity index (χ3n) is 2.81. The molecule has 1 fully saturated rings. The summed E-state index contributed by atoms with van der Waals surface area (Å²) in [5, 5.41) is 3.20. The van der Waals surface area contributed by atoms with Gasteiger partial charge in [-0.3, -0.25) is 0 Å². The van der Waals surface area contributed by atoms with Crippen LogP contribution in [0.5, 0.6) is 0 Å². The Morgan fingerprint density at radius 1 is 1.31 bits per heavy atom. The van der Waals surface area contributed by atoms with Crippen molar-refractivity contribution in [3.05, 3.63) is 0 Å². The van der Waals surface area contributed by atoms with E-state index < -0.39 is 12.8 Å². The molecule has 1 rings (SSSR count). The minimum atomic E-state index is -4.21. The van der Waals surface area contributed by atoms with Crippen LogP contribution in [-0.4, -0.2) is 57.0 Å². The number of nitrogens with zero attached hydrogens (tertiary/aromatic N) is 1. The van der Waals surface area contributed by atoms with E-state index in [1.54, 1.807) is 0 Å². The summed E-state index contributed by atoms with van der Waals surface area (Å²) in [5.41, 5.74) is 0. The second-order valence-corrected chi connectivity index (χ2v) is 4.07. The molecule has 1 aliphatic rings. The van der Waals surface area contributed by atoms with Crippen molar-refractivity contribution in [1.29, 1.82) is 0 Å². The average molecular weight is 240 g/mol. The SMILES string of the molecule is CNC1CCN(CCOCC(F)(F)F)CC1. The van der Waals surface area contributed by atoms with Crippen LogP contribution in [-0.2, 0) is 4.74 Å². The minimum absolute atomic E-state index is 0.156. The molecule has 1 aliphatic heterocycles. The standard InChI is InChI=1S/C10H19F3N2O/c1-14-9-2-4-15(5-3-9)6-7-16-8-10(11,12)13/h9,14H,2-8H2,1H3. The fraction of sp³-hybridized carbons (Fsp3) is 1.00. The molecule has 0 bridgehead atoms. The molecule has 1 heterocycles. The summed E-state index contributed by atoms with van der Waals surface area (Å²) < 4.78 is 39.9. The van der Waals surface area contributed by atoms with E-state index in [9.17, 15) is 13.2 Å². The molecule has 0 amide bonds. The van der Waals surface area contributed by atoms with E-state index in [1.165, 1.54) is 0 Å². The van der Waals surface area contributed by atoms with Crippen LogP contribution in [0.4, 0.5) is 13.2 Å². The molecule has 0 aliphatic carbocycles. The predicted molar refractivity (Wildman–Crippen MR) is 55.4 cm³/mol. The van der Waals surface area contributed by atoms with Gasteiger partial charge in [0.25, 0.3) is 0 Å². The van der Waals surface area contributed by atoms with Crippen molar-refractivity contribution in [2.24, 2.45) is 0 Å². The molecule has 16 heavy (non-hydrogen) atoms. The van der Waals surface area contributed by atoms with Gasteiger partial charge in [0.05, 0.1) is 6.61 Å². The number of hydrogen-bond donors (Lipinski definition) is 1. The zero-order valence-corrected chi connectivity index (χ0v) is 9.52. The number of likely N-dealkylation sites (tertiary alicyclic amines) is 1. The summed E-state index contributed by atoms with van der Waals surface area (Å²) in [4.78, 5) is 2.14. The van der Waals surface area contributed by atoms with Crippen LogP contribution >= 0.6 is 0 Å². The van der Waals surface area contributed by atoms with Gasteiger partial charge < -0.3 is 15.0 Å². The zero-order valence-electron chi connectivity index (χ0n) is 9.52. The van der Waals surface area contributed by atoms with E-state index in [2.05, 4.69) is 15.0 Å². The Morgan fingerprint density at radius 2 is 1.94 bits per heavy atom. The van der Waals surface area contributed by atoms with Crippen molar-refractivity contribution in [3.8, 4) is 0 Å². The van der Waals surface area contributed by atoms with E-state index in [4.69, 9.17) is 0 Å². The topological polar surface area (TPSA) is 24.5 Å². The first kappa shape index (κ1) is 13.7. The molecule has 0 aromatic heterocycles. The highest BCUT2D eigenvalue weighted by atomic mass is 19.4.